The number of hydrogen-bond donors (Lipinski definition) is 2. The lowest BCUT2D eigenvalue weighted by Gasteiger charge is -2.06. The third kappa shape index (κ3) is 2.23. The van der Waals surface area contributed by atoms with Gasteiger partial charge in [-0.2, -0.15) is 0 Å². The highest BCUT2D eigenvalue weighted by Gasteiger charge is 2.05. The molecule has 3 N–H and O–H groups in total. The van der Waals surface area contributed by atoms with Gasteiger partial charge in [0.2, 0.25) is 0 Å². The van der Waals surface area contributed by atoms with E-state index in [9.17, 15) is 4.79 Å². The fourth-order valence-corrected chi connectivity index (χ4v) is 2.73. The Morgan fingerprint density at radius 1 is 1.32 bits per heavy atom. The topological polar surface area (TPSA) is 72.9 Å². The van der Waals surface area contributed by atoms with Gasteiger partial charge < -0.3 is 9.99 Å². The van der Waals surface area contributed by atoms with Crippen LogP contribution in [-0.2, 0) is 6.54 Å². The summed E-state index contributed by atoms with van der Waals surface area (Å²) >= 11 is 1.57. The number of hydrazine groups is 1. The van der Waals surface area contributed by atoms with Crippen LogP contribution in [0.3, 0.4) is 0 Å². The SMILES string of the molecule is NNc1cccc(Cn2ccc3sccc3c2=O)n1. The Morgan fingerprint density at radius 3 is 3.05 bits per heavy atom. The first-order chi connectivity index (χ1) is 9.28. The van der Waals surface area contributed by atoms with Gasteiger partial charge in [0.1, 0.15) is 5.82 Å². The molecule has 3 aromatic heterocycles. The zero-order valence-corrected chi connectivity index (χ0v) is 10.9. The van der Waals surface area contributed by atoms with Crippen molar-refractivity contribution in [2.24, 2.45) is 5.84 Å². The summed E-state index contributed by atoms with van der Waals surface area (Å²) in [6, 6.07) is 9.29. The van der Waals surface area contributed by atoms with E-state index in [1.165, 1.54) is 0 Å². The molecule has 0 unspecified atom stereocenters. The van der Waals surface area contributed by atoms with Gasteiger partial charge in [0.15, 0.2) is 0 Å². The highest BCUT2D eigenvalue weighted by atomic mass is 32.1. The maximum Gasteiger partial charge on any atom is 0.259 e. The van der Waals surface area contributed by atoms with E-state index in [2.05, 4.69) is 10.4 Å². The van der Waals surface area contributed by atoms with Gasteiger partial charge in [-0.05, 0) is 29.6 Å². The second-order valence-electron chi connectivity index (χ2n) is 4.11. The van der Waals surface area contributed by atoms with Gasteiger partial charge in [-0.25, -0.2) is 10.8 Å². The van der Waals surface area contributed by atoms with Gasteiger partial charge in [0.05, 0.1) is 17.6 Å². The summed E-state index contributed by atoms with van der Waals surface area (Å²) in [4.78, 5) is 16.6. The number of hydrogen-bond acceptors (Lipinski definition) is 5. The van der Waals surface area contributed by atoms with Gasteiger partial charge in [0, 0.05) is 10.9 Å². The Labute approximate surface area is 113 Å². The van der Waals surface area contributed by atoms with Crippen LogP contribution in [0.5, 0.6) is 0 Å². The summed E-state index contributed by atoms with van der Waals surface area (Å²) in [5, 5.41) is 2.67. The first-order valence-corrected chi connectivity index (χ1v) is 6.65. The molecule has 0 aliphatic rings. The Kier molecular flexibility index (Phi) is 3.02. The van der Waals surface area contributed by atoms with Crippen molar-refractivity contribution >= 4 is 27.2 Å². The molecule has 0 saturated carbocycles. The molecule has 3 aromatic rings. The normalized spacial score (nSPS) is 10.8. The third-order valence-electron chi connectivity index (χ3n) is 2.88. The molecular weight excluding hydrogens is 260 g/mol. The van der Waals surface area contributed by atoms with Crippen LogP contribution in [0, 0.1) is 0 Å². The van der Waals surface area contributed by atoms with Crippen molar-refractivity contribution in [2.75, 3.05) is 5.43 Å². The van der Waals surface area contributed by atoms with Gasteiger partial charge in [-0.3, -0.25) is 4.79 Å². The van der Waals surface area contributed by atoms with Gasteiger partial charge in [0.25, 0.3) is 5.56 Å². The van der Waals surface area contributed by atoms with Crippen LogP contribution in [-0.4, -0.2) is 9.55 Å². The maximum absolute atomic E-state index is 12.2. The Hall–Kier alpha value is -2.18. The van der Waals surface area contributed by atoms with Crippen LogP contribution in [0.15, 0.2) is 46.7 Å². The average molecular weight is 272 g/mol. The number of fused-ring (bicyclic) bond motifs is 1. The van der Waals surface area contributed by atoms with Crippen LogP contribution >= 0.6 is 11.3 Å². The fraction of sp³-hybridized carbons (Fsp3) is 0.0769. The van der Waals surface area contributed by atoms with Crippen molar-refractivity contribution in [3.8, 4) is 0 Å². The molecular formula is C13H12N4OS. The number of pyridine rings is 2. The molecule has 0 bridgehead atoms. The predicted molar refractivity (Wildman–Crippen MR) is 77.2 cm³/mol. The summed E-state index contributed by atoms with van der Waals surface area (Å²) < 4.78 is 2.66. The van der Waals surface area contributed by atoms with E-state index in [0.717, 1.165) is 15.8 Å². The van der Waals surface area contributed by atoms with Crippen molar-refractivity contribution in [3.05, 3.63) is 58.0 Å². The number of nitrogens with one attached hydrogen (secondary N) is 1. The first-order valence-electron chi connectivity index (χ1n) is 5.77. The average Bonchev–Trinajstić information content (AvgIpc) is 2.91. The standard InChI is InChI=1S/C13H12N4OS/c14-16-12-3-1-2-9(15-12)8-17-6-4-11-10(13(17)18)5-7-19-11/h1-7H,8,14H2,(H,15,16). The molecule has 5 nitrogen and oxygen atoms in total. The quantitative estimate of drug-likeness (QED) is 0.563. The molecule has 0 aliphatic heterocycles. The minimum Gasteiger partial charge on any atom is -0.309 e. The Morgan fingerprint density at radius 2 is 2.21 bits per heavy atom. The van der Waals surface area contributed by atoms with Gasteiger partial charge in [-0.15, -0.1) is 11.3 Å². The third-order valence-corrected chi connectivity index (χ3v) is 3.76. The number of nitrogens with zero attached hydrogens (tertiary/aromatic N) is 2. The molecule has 3 rings (SSSR count). The van der Waals surface area contributed by atoms with Crippen molar-refractivity contribution in [2.45, 2.75) is 6.54 Å². The molecule has 0 saturated heterocycles. The minimum absolute atomic E-state index is 0.00617. The van der Waals surface area contributed by atoms with Gasteiger partial charge >= 0.3 is 0 Å². The summed E-state index contributed by atoms with van der Waals surface area (Å²) in [7, 11) is 0. The van der Waals surface area contributed by atoms with E-state index in [1.54, 1.807) is 28.2 Å². The molecule has 0 aromatic carbocycles. The van der Waals surface area contributed by atoms with E-state index >= 15 is 0 Å². The lowest BCUT2D eigenvalue weighted by Crippen LogP contribution is -2.20. The van der Waals surface area contributed by atoms with Crippen LogP contribution in [0.1, 0.15) is 5.69 Å². The smallest absolute Gasteiger partial charge is 0.259 e. The molecule has 6 heteroatoms. The predicted octanol–water partition coefficient (Wildman–Crippen LogP) is 1.79. The highest BCUT2D eigenvalue weighted by Crippen LogP contribution is 2.16. The van der Waals surface area contributed by atoms with Crippen LogP contribution < -0.4 is 16.8 Å². The first kappa shape index (κ1) is 11.9. The molecule has 96 valence electrons. The lowest BCUT2D eigenvalue weighted by atomic mass is 10.3. The van der Waals surface area contributed by atoms with E-state index < -0.39 is 0 Å². The lowest BCUT2D eigenvalue weighted by molar-refractivity contribution is 0.748. The monoisotopic (exact) mass is 272 g/mol. The summed E-state index contributed by atoms with van der Waals surface area (Å²) in [5.41, 5.74) is 3.29. The molecule has 0 amide bonds. The van der Waals surface area contributed by atoms with Crippen molar-refractivity contribution in [1.82, 2.24) is 9.55 Å². The zero-order valence-electron chi connectivity index (χ0n) is 10.0. The molecule has 0 radical (unpaired) electrons. The highest BCUT2D eigenvalue weighted by molar-refractivity contribution is 7.17. The largest absolute Gasteiger partial charge is 0.309 e. The number of rotatable bonds is 3. The Bertz CT molecular complexity index is 777. The minimum atomic E-state index is 0.00617. The number of nitrogen functional groups attached to an aromatic ring is 1. The zero-order chi connectivity index (χ0) is 13.2. The second-order valence-corrected chi connectivity index (χ2v) is 5.05. The van der Waals surface area contributed by atoms with Crippen molar-refractivity contribution in [1.29, 1.82) is 0 Å². The number of anilines is 1. The molecule has 19 heavy (non-hydrogen) atoms. The van der Waals surface area contributed by atoms with E-state index in [0.29, 0.717) is 12.4 Å². The molecule has 0 aliphatic carbocycles. The van der Waals surface area contributed by atoms with E-state index in [4.69, 9.17) is 5.84 Å². The molecule has 0 spiro atoms. The number of aromatic nitrogens is 2. The molecule has 3 heterocycles. The Balaban J connectivity index is 2.00. The van der Waals surface area contributed by atoms with E-state index in [-0.39, 0.29) is 5.56 Å². The van der Waals surface area contributed by atoms with Crippen LogP contribution in [0.25, 0.3) is 10.1 Å². The van der Waals surface area contributed by atoms with E-state index in [1.807, 2.05) is 29.6 Å². The summed E-state index contributed by atoms with van der Waals surface area (Å²) in [5.74, 6) is 5.91. The maximum atomic E-state index is 12.2. The van der Waals surface area contributed by atoms with Crippen molar-refractivity contribution in [3.63, 3.8) is 0 Å². The van der Waals surface area contributed by atoms with Crippen LogP contribution in [0.2, 0.25) is 0 Å². The van der Waals surface area contributed by atoms with Gasteiger partial charge in [-0.1, -0.05) is 6.07 Å². The van der Waals surface area contributed by atoms with Crippen molar-refractivity contribution < 1.29 is 0 Å². The number of thiophene rings is 1. The van der Waals surface area contributed by atoms with Crippen LogP contribution in [0.4, 0.5) is 5.82 Å². The molecule has 0 fully saturated rings. The second kappa shape index (κ2) is 4.83. The summed E-state index contributed by atoms with van der Waals surface area (Å²) in [6.07, 6.45) is 1.80. The fourth-order valence-electron chi connectivity index (χ4n) is 1.95. The molecule has 0 atom stereocenters. The summed E-state index contributed by atoms with van der Waals surface area (Å²) in [6.45, 7) is 0.431. The number of nitrogens with two attached hydrogens (primary N) is 1.